The largest absolute Gasteiger partial charge is 0.398 e. The van der Waals surface area contributed by atoms with Crippen molar-refractivity contribution < 1.29 is 8.78 Å². The maximum atomic E-state index is 13.3. The van der Waals surface area contributed by atoms with Crippen LogP contribution in [0.1, 0.15) is 0 Å². The number of hydrogen-bond donors (Lipinski definition) is 2. The van der Waals surface area contributed by atoms with Crippen molar-refractivity contribution in [2.24, 2.45) is 0 Å². The summed E-state index contributed by atoms with van der Waals surface area (Å²) < 4.78 is 27.2. The van der Waals surface area contributed by atoms with E-state index in [1.165, 1.54) is 0 Å². The molecule has 2 aromatic carbocycles. The van der Waals surface area contributed by atoms with Crippen LogP contribution in [-0.4, -0.2) is 9.97 Å². The molecule has 1 aromatic heterocycles. The van der Waals surface area contributed by atoms with Crippen LogP contribution in [0, 0.1) is 11.6 Å². The van der Waals surface area contributed by atoms with Gasteiger partial charge in [0.05, 0.1) is 11.0 Å². The number of aromatic nitrogens is 2. The smallest absolute Gasteiger partial charge is 0.160 e. The molecule has 96 valence electrons. The topological polar surface area (TPSA) is 54.7 Å². The summed E-state index contributed by atoms with van der Waals surface area (Å²) in [6, 6.07) is 7.50. The molecule has 0 radical (unpaired) electrons. The first-order valence-corrected chi connectivity index (χ1v) is 6.24. The average Bonchev–Trinajstić information content (AvgIpc) is 2.76. The second-order valence-electron chi connectivity index (χ2n) is 4.10. The Morgan fingerprint density at radius 1 is 1.11 bits per heavy atom. The molecule has 0 atom stereocenters. The molecule has 3 aromatic rings. The Morgan fingerprint density at radius 2 is 1.84 bits per heavy atom. The number of nitrogen functional groups attached to an aromatic ring is 1. The van der Waals surface area contributed by atoms with Crippen molar-refractivity contribution in [1.82, 2.24) is 9.97 Å². The first-order chi connectivity index (χ1) is 9.04. The number of benzene rings is 2. The molecule has 19 heavy (non-hydrogen) atoms. The van der Waals surface area contributed by atoms with Gasteiger partial charge in [-0.2, -0.15) is 0 Å². The van der Waals surface area contributed by atoms with Gasteiger partial charge in [0.15, 0.2) is 11.6 Å². The second-order valence-corrected chi connectivity index (χ2v) is 5.02. The number of aromatic amines is 1. The van der Waals surface area contributed by atoms with E-state index >= 15 is 0 Å². The normalized spacial score (nSPS) is 11.1. The van der Waals surface area contributed by atoms with Crippen LogP contribution < -0.4 is 5.73 Å². The summed E-state index contributed by atoms with van der Waals surface area (Å²) in [7, 11) is 0. The van der Waals surface area contributed by atoms with E-state index in [4.69, 9.17) is 5.73 Å². The highest BCUT2D eigenvalue weighted by Crippen LogP contribution is 2.28. The predicted molar refractivity (Wildman–Crippen MR) is 73.6 cm³/mol. The van der Waals surface area contributed by atoms with Gasteiger partial charge in [0.1, 0.15) is 5.82 Å². The van der Waals surface area contributed by atoms with Crippen molar-refractivity contribution in [3.05, 3.63) is 46.4 Å². The van der Waals surface area contributed by atoms with Gasteiger partial charge in [-0.3, -0.25) is 0 Å². The van der Waals surface area contributed by atoms with Gasteiger partial charge < -0.3 is 10.7 Å². The number of nitrogens with one attached hydrogen (secondary N) is 1. The number of imidazole rings is 1. The molecule has 0 amide bonds. The number of halogens is 3. The molecule has 0 unspecified atom stereocenters. The molecule has 0 aliphatic carbocycles. The molecule has 3 N–H and O–H groups in total. The molecule has 0 aliphatic heterocycles. The van der Waals surface area contributed by atoms with Crippen LogP contribution in [0.3, 0.4) is 0 Å². The lowest BCUT2D eigenvalue weighted by Crippen LogP contribution is -1.95. The summed E-state index contributed by atoms with van der Waals surface area (Å²) in [6.07, 6.45) is 0. The molecule has 3 nitrogen and oxygen atoms in total. The monoisotopic (exact) mass is 323 g/mol. The third-order valence-corrected chi connectivity index (χ3v) is 3.28. The third kappa shape index (κ3) is 2.08. The number of rotatable bonds is 1. The van der Waals surface area contributed by atoms with Gasteiger partial charge in [0, 0.05) is 21.8 Å². The number of H-pyrrole nitrogens is 1. The molecular weight excluding hydrogens is 316 g/mol. The molecule has 0 spiro atoms. The van der Waals surface area contributed by atoms with E-state index in [9.17, 15) is 8.78 Å². The predicted octanol–water partition coefficient (Wildman–Crippen LogP) is 3.85. The lowest BCUT2D eigenvalue weighted by molar-refractivity contribution is 0.509. The first-order valence-electron chi connectivity index (χ1n) is 5.45. The Bertz CT molecular complexity index is 783. The van der Waals surface area contributed by atoms with Crippen LogP contribution in [-0.2, 0) is 0 Å². The molecule has 1 heterocycles. The molecule has 0 aliphatic rings. The molecule has 0 saturated heterocycles. The van der Waals surface area contributed by atoms with Crippen molar-refractivity contribution in [2.75, 3.05) is 5.73 Å². The number of hydrogen-bond acceptors (Lipinski definition) is 2. The van der Waals surface area contributed by atoms with Crippen molar-refractivity contribution in [3.63, 3.8) is 0 Å². The Balaban J connectivity index is 2.21. The molecule has 0 fully saturated rings. The van der Waals surface area contributed by atoms with Crippen molar-refractivity contribution in [2.45, 2.75) is 0 Å². The van der Waals surface area contributed by atoms with Gasteiger partial charge in [0.25, 0.3) is 0 Å². The maximum absolute atomic E-state index is 13.3. The van der Waals surface area contributed by atoms with Crippen molar-refractivity contribution in [1.29, 1.82) is 0 Å². The first kappa shape index (κ1) is 12.1. The molecule has 0 saturated carbocycles. The van der Waals surface area contributed by atoms with Gasteiger partial charge in [-0.05, 0) is 24.3 Å². The van der Waals surface area contributed by atoms with E-state index in [-0.39, 0.29) is 5.69 Å². The number of nitrogens with zero attached hydrogens (tertiary/aromatic N) is 1. The SMILES string of the molecule is Nc1cc(F)c(F)cc1-c1nc2ccc(Br)cc2[nH]1. The second kappa shape index (κ2) is 4.31. The fraction of sp³-hybridized carbons (Fsp3) is 0. The van der Waals surface area contributed by atoms with Crippen LogP contribution in [0.2, 0.25) is 0 Å². The van der Waals surface area contributed by atoms with E-state index in [1.807, 2.05) is 18.2 Å². The van der Waals surface area contributed by atoms with Crippen LogP contribution >= 0.6 is 15.9 Å². The maximum Gasteiger partial charge on any atom is 0.160 e. The van der Waals surface area contributed by atoms with E-state index in [0.29, 0.717) is 11.4 Å². The summed E-state index contributed by atoms with van der Waals surface area (Å²) in [5.41, 5.74) is 7.68. The zero-order valence-electron chi connectivity index (χ0n) is 9.55. The Kier molecular flexibility index (Phi) is 2.74. The average molecular weight is 324 g/mol. The van der Waals surface area contributed by atoms with Crippen LogP contribution in [0.4, 0.5) is 14.5 Å². The molecule has 6 heteroatoms. The quantitative estimate of drug-likeness (QED) is 0.668. The van der Waals surface area contributed by atoms with E-state index in [1.54, 1.807) is 0 Å². The summed E-state index contributed by atoms with van der Waals surface area (Å²) in [5.74, 6) is -1.52. The highest BCUT2D eigenvalue weighted by atomic mass is 79.9. The Hall–Kier alpha value is -1.95. The minimum Gasteiger partial charge on any atom is -0.398 e. The van der Waals surface area contributed by atoms with E-state index in [2.05, 4.69) is 25.9 Å². The standard InChI is InChI=1S/C13H8BrF2N3/c14-6-1-2-11-12(3-6)19-13(18-11)7-4-8(15)9(16)5-10(7)17/h1-5H,17H2,(H,18,19). The van der Waals surface area contributed by atoms with E-state index < -0.39 is 11.6 Å². The number of fused-ring (bicyclic) bond motifs is 1. The van der Waals surface area contributed by atoms with Crippen LogP contribution in [0.25, 0.3) is 22.4 Å². The molecule has 3 rings (SSSR count). The lowest BCUT2D eigenvalue weighted by Gasteiger charge is -2.03. The summed E-state index contributed by atoms with van der Waals surface area (Å²) in [4.78, 5) is 7.34. The van der Waals surface area contributed by atoms with Crippen LogP contribution in [0.15, 0.2) is 34.8 Å². The number of nitrogens with two attached hydrogens (primary N) is 1. The van der Waals surface area contributed by atoms with E-state index in [0.717, 1.165) is 27.6 Å². The van der Waals surface area contributed by atoms with Crippen molar-refractivity contribution >= 4 is 32.7 Å². The van der Waals surface area contributed by atoms with Gasteiger partial charge in [-0.15, -0.1) is 0 Å². The minimum atomic E-state index is -0.972. The minimum absolute atomic E-state index is 0.136. The lowest BCUT2D eigenvalue weighted by atomic mass is 10.1. The zero-order valence-corrected chi connectivity index (χ0v) is 11.1. The zero-order chi connectivity index (χ0) is 13.6. The summed E-state index contributed by atoms with van der Waals surface area (Å²) in [6.45, 7) is 0. The summed E-state index contributed by atoms with van der Waals surface area (Å²) in [5, 5.41) is 0. The van der Waals surface area contributed by atoms with Crippen molar-refractivity contribution in [3.8, 4) is 11.4 Å². The van der Waals surface area contributed by atoms with Gasteiger partial charge in [0.2, 0.25) is 0 Å². The van der Waals surface area contributed by atoms with Gasteiger partial charge >= 0.3 is 0 Å². The van der Waals surface area contributed by atoms with Crippen LogP contribution in [0.5, 0.6) is 0 Å². The van der Waals surface area contributed by atoms with Gasteiger partial charge in [-0.25, -0.2) is 13.8 Å². The highest BCUT2D eigenvalue weighted by molar-refractivity contribution is 9.10. The Morgan fingerprint density at radius 3 is 2.63 bits per heavy atom. The fourth-order valence-electron chi connectivity index (χ4n) is 1.88. The molecular formula is C13H8BrF2N3. The molecule has 0 bridgehead atoms. The number of anilines is 1. The van der Waals surface area contributed by atoms with Gasteiger partial charge in [-0.1, -0.05) is 15.9 Å². The Labute approximate surface area is 115 Å². The highest BCUT2D eigenvalue weighted by Gasteiger charge is 2.13. The third-order valence-electron chi connectivity index (χ3n) is 2.79. The summed E-state index contributed by atoms with van der Waals surface area (Å²) >= 11 is 3.35. The fourth-order valence-corrected chi connectivity index (χ4v) is 2.24.